The maximum absolute atomic E-state index is 9.41. The van der Waals surface area contributed by atoms with Gasteiger partial charge in [-0.3, -0.25) is 15.2 Å². The van der Waals surface area contributed by atoms with Crippen LogP contribution in [0.4, 0.5) is 0 Å². The number of aliphatic hydroxyl groups is 1. The number of benzene rings is 2. The lowest BCUT2D eigenvalue weighted by atomic mass is 9.81. The van der Waals surface area contributed by atoms with E-state index in [-0.39, 0.29) is 12.1 Å². The standard InChI is InChI=1S/C26H31N3O/c1-21(22-8-10-23(11-9-22)24-12-16-27-17-13-24)29-18-15-26(28-20-29,14-5-19-30)25-6-3-2-4-7-25/h2-4,6-13,16-17,21,28,30H,5,14-15,18-20H2,1H3. The predicted molar refractivity (Wildman–Crippen MR) is 122 cm³/mol. The smallest absolute Gasteiger partial charge is 0.0493 e. The van der Waals surface area contributed by atoms with Crippen molar-refractivity contribution in [3.8, 4) is 11.1 Å². The first kappa shape index (κ1) is 20.7. The lowest BCUT2D eigenvalue weighted by Crippen LogP contribution is -2.55. The summed E-state index contributed by atoms with van der Waals surface area (Å²) in [5.41, 5.74) is 5.02. The molecular weight excluding hydrogens is 370 g/mol. The van der Waals surface area contributed by atoms with Crippen molar-refractivity contribution < 1.29 is 5.11 Å². The molecular formula is C26H31N3O. The van der Waals surface area contributed by atoms with Crippen LogP contribution >= 0.6 is 0 Å². The molecule has 4 heteroatoms. The molecule has 2 atom stereocenters. The molecule has 4 nitrogen and oxygen atoms in total. The van der Waals surface area contributed by atoms with Crippen LogP contribution in [0.1, 0.15) is 43.4 Å². The molecule has 30 heavy (non-hydrogen) atoms. The van der Waals surface area contributed by atoms with Crippen LogP contribution in [0.5, 0.6) is 0 Å². The molecule has 1 aromatic heterocycles. The van der Waals surface area contributed by atoms with Crippen molar-refractivity contribution in [3.63, 3.8) is 0 Å². The molecule has 3 aromatic rings. The molecule has 0 bridgehead atoms. The SMILES string of the molecule is CC(c1ccc(-c2ccncc2)cc1)N1CCC(CCCO)(c2ccccc2)NC1. The van der Waals surface area contributed by atoms with Gasteiger partial charge in [-0.1, -0.05) is 54.6 Å². The average molecular weight is 402 g/mol. The van der Waals surface area contributed by atoms with Crippen molar-refractivity contribution in [2.45, 2.75) is 37.8 Å². The number of pyridine rings is 1. The van der Waals surface area contributed by atoms with Gasteiger partial charge >= 0.3 is 0 Å². The number of hydrogen-bond acceptors (Lipinski definition) is 4. The molecule has 1 saturated heterocycles. The lowest BCUT2D eigenvalue weighted by Gasteiger charge is -2.45. The molecule has 1 aliphatic rings. The third-order valence-electron chi connectivity index (χ3n) is 6.49. The summed E-state index contributed by atoms with van der Waals surface area (Å²) in [5, 5.41) is 13.2. The Hall–Kier alpha value is -2.53. The van der Waals surface area contributed by atoms with E-state index in [0.29, 0.717) is 6.04 Å². The maximum Gasteiger partial charge on any atom is 0.0493 e. The molecule has 1 aliphatic heterocycles. The first-order valence-electron chi connectivity index (χ1n) is 10.9. The third-order valence-corrected chi connectivity index (χ3v) is 6.49. The summed E-state index contributed by atoms with van der Waals surface area (Å²) in [7, 11) is 0. The average Bonchev–Trinajstić information content (AvgIpc) is 2.84. The summed E-state index contributed by atoms with van der Waals surface area (Å²) in [4.78, 5) is 6.60. The Kier molecular flexibility index (Phi) is 6.58. The molecule has 0 aliphatic carbocycles. The molecule has 0 radical (unpaired) electrons. The van der Waals surface area contributed by atoms with Gasteiger partial charge in [0.25, 0.3) is 0 Å². The zero-order valence-corrected chi connectivity index (χ0v) is 17.7. The highest BCUT2D eigenvalue weighted by atomic mass is 16.2. The van der Waals surface area contributed by atoms with Crippen molar-refractivity contribution in [3.05, 3.63) is 90.3 Å². The van der Waals surface area contributed by atoms with E-state index in [9.17, 15) is 5.11 Å². The van der Waals surface area contributed by atoms with Gasteiger partial charge in [-0.05, 0) is 60.6 Å². The van der Waals surface area contributed by atoms with Gasteiger partial charge in [-0.2, -0.15) is 0 Å². The maximum atomic E-state index is 9.41. The summed E-state index contributed by atoms with van der Waals surface area (Å²) in [6.07, 6.45) is 6.48. The van der Waals surface area contributed by atoms with E-state index in [1.807, 2.05) is 24.5 Å². The molecule has 2 heterocycles. The molecule has 156 valence electrons. The van der Waals surface area contributed by atoms with Crippen LogP contribution in [-0.4, -0.2) is 34.8 Å². The molecule has 4 rings (SSSR count). The monoisotopic (exact) mass is 401 g/mol. The summed E-state index contributed by atoms with van der Waals surface area (Å²) < 4.78 is 0. The highest BCUT2D eigenvalue weighted by molar-refractivity contribution is 5.63. The van der Waals surface area contributed by atoms with Crippen LogP contribution < -0.4 is 5.32 Å². The normalized spacial score (nSPS) is 20.7. The summed E-state index contributed by atoms with van der Waals surface area (Å²) >= 11 is 0. The zero-order chi connectivity index (χ0) is 20.8. The Morgan fingerprint density at radius 1 is 1.00 bits per heavy atom. The fourth-order valence-corrected chi connectivity index (χ4v) is 4.54. The first-order chi connectivity index (χ1) is 14.7. The predicted octanol–water partition coefficient (Wildman–Crippen LogP) is 4.73. The van der Waals surface area contributed by atoms with Crippen molar-refractivity contribution in [1.82, 2.24) is 15.2 Å². The van der Waals surface area contributed by atoms with Gasteiger partial charge in [-0.15, -0.1) is 0 Å². The summed E-state index contributed by atoms with van der Waals surface area (Å²) in [6.45, 7) is 4.39. The van der Waals surface area contributed by atoms with Crippen LogP contribution in [0, 0.1) is 0 Å². The highest BCUT2D eigenvalue weighted by Gasteiger charge is 2.36. The van der Waals surface area contributed by atoms with Crippen LogP contribution in [0.2, 0.25) is 0 Å². The number of hydrogen-bond donors (Lipinski definition) is 2. The third kappa shape index (κ3) is 4.46. The van der Waals surface area contributed by atoms with Gasteiger partial charge in [0.05, 0.1) is 0 Å². The Labute approximate surface area is 179 Å². The van der Waals surface area contributed by atoms with Crippen molar-refractivity contribution in [1.29, 1.82) is 0 Å². The van der Waals surface area contributed by atoms with Crippen LogP contribution in [0.15, 0.2) is 79.1 Å². The van der Waals surface area contributed by atoms with Gasteiger partial charge in [0.1, 0.15) is 0 Å². The van der Waals surface area contributed by atoms with E-state index in [0.717, 1.165) is 32.5 Å². The first-order valence-corrected chi connectivity index (χ1v) is 10.9. The second-order valence-corrected chi connectivity index (χ2v) is 8.21. The Morgan fingerprint density at radius 3 is 2.33 bits per heavy atom. The van der Waals surface area contributed by atoms with E-state index in [1.54, 1.807) is 0 Å². The largest absolute Gasteiger partial charge is 0.396 e. The second kappa shape index (κ2) is 9.52. The highest BCUT2D eigenvalue weighted by Crippen LogP contribution is 2.35. The van der Waals surface area contributed by atoms with Crippen LogP contribution in [-0.2, 0) is 5.54 Å². The minimum atomic E-state index is -0.0502. The topological polar surface area (TPSA) is 48.4 Å². The molecule has 0 spiro atoms. The van der Waals surface area contributed by atoms with Gasteiger partial charge in [0, 0.05) is 43.8 Å². The van der Waals surface area contributed by atoms with E-state index in [1.165, 1.54) is 22.3 Å². The molecule has 2 aromatic carbocycles. The van der Waals surface area contributed by atoms with E-state index >= 15 is 0 Å². The fourth-order valence-electron chi connectivity index (χ4n) is 4.54. The van der Waals surface area contributed by atoms with Gasteiger partial charge in [0.2, 0.25) is 0 Å². The minimum absolute atomic E-state index is 0.0502. The van der Waals surface area contributed by atoms with E-state index in [2.05, 4.69) is 76.7 Å². The fraction of sp³-hybridized carbons (Fsp3) is 0.346. The van der Waals surface area contributed by atoms with Crippen LogP contribution in [0.25, 0.3) is 11.1 Å². The number of nitrogens with zero attached hydrogens (tertiary/aromatic N) is 2. The van der Waals surface area contributed by atoms with Crippen molar-refractivity contribution in [2.24, 2.45) is 0 Å². The quantitative estimate of drug-likeness (QED) is 0.601. The van der Waals surface area contributed by atoms with Crippen LogP contribution in [0.3, 0.4) is 0 Å². The molecule has 2 unspecified atom stereocenters. The summed E-state index contributed by atoms with van der Waals surface area (Å²) in [5.74, 6) is 0. The summed E-state index contributed by atoms with van der Waals surface area (Å²) in [6, 6.07) is 24.0. The van der Waals surface area contributed by atoms with E-state index in [4.69, 9.17) is 0 Å². The van der Waals surface area contributed by atoms with Crippen molar-refractivity contribution in [2.75, 3.05) is 19.8 Å². The lowest BCUT2D eigenvalue weighted by molar-refractivity contribution is 0.0804. The Balaban J connectivity index is 1.45. The van der Waals surface area contributed by atoms with Crippen molar-refractivity contribution >= 4 is 0 Å². The Morgan fingerprint density at radius 2 is 1.70 bits per heavy atom. The number of aliphatic hydroxyl groups excluding tert-OH is 1. The number of nitrogens with one attached hydrogen (secondary N) is 1. The zero-order valence-electron chi connectivity index (χ0n) is 17.7. The molecule has 1 fully saturated rings. The minimum Gasteiger partial charge on any atom is -0.396 e. The number of rotatable bonds is 7. The number of aromatic nitrogens is 1. The van der Waals surface area contributed by atoms with Gasteiger partial charge in [0.15, 0.2) is 0 Å². The molecule has 0 saturated carbocycles. The molecule has 0 amide bonds. The van der Waals surface area contributed by atoms with E-state index < -0.39 is 0 Å². The second-order valence-electron chi connectivity index (χ2n) is 8.21. The Bertz CT molecular complexity index is 904. The van der Waals surface area contributed by atoms with Gasteiger partial charge < -0.3 is 5.11 Å². The van der Waals surface area contributed by atoms with Gasteiger partial charge in [-0.25, -0.2) is 0 Å². The molecule has 2 N–H and O–H groups in total.